The molecule has 0 aliphatic carbocycles. The number of hydrogen-bond acceptors (Lipinski definition) is 6. The standard InChI is InChI=1S/C13H22N4O3/c1-19-8-3-6-17(7-9-20-2)13(18)12-5-4-11(16-14)10-15-12/h4-5,10,16H,3,6-9,14H2,1-2H3. The van der Waals surface area contributed by atoms with E-state index in [4.69, 9.17) is 15.3 Å². The summed E-state index contributed by atoms with van der Waals surface area (Å²) in [6.45, 7) is 2.23. The quantitative estimate of drug-likeness (QED) is 0.389. The van der Waals surface area contributed by atoms with E-state index in [2.05, 4.69) is 10.4 Å². The molecule has 0 aliphatic rings. The van der Waals surface area contributed by atoms with Crippen molar-refractivity contribution in [3.05, 3.63) is 24.0 Å². The zero-order valence-electron chi connectivity index (χ0n) is 12.0. The van der Waals surface area contributed by atoms with Gasteiger partial charge in [0.15, 0.2) is 0 Å². The van der Waals surface area contributed by atoms with E-state index in [0.717, 1.165) is 6.42 Å². The summed E-state index contributed by atoms with van der Waals surface area (Å²) in [6.07, 6.45) is 2.30. The van der Waals surface area contributed by atoms with Gasteiger partial charge in [-0.3, -0.25) is 10.6 Å². The molecule has 112 valence electrons. The van der Waals surface area contributed by atoms with E-state index in [1.54, 1.807) is 31.3 Å². The van der Waals surface area contributed by atoms with Crippen LogP contribution in [0.2, 0.25) is 0 Å². The molecule has 1 heterocycles. The Hall–Kier alpha value is -1.70. The van der Waals surface area contributed by atoms with Gasteiger partial charge in [-0.15, -0.1) is 0 Å². The van der Waals surface area contributed by atoms with Crippen molar-refractivity contribution in [2.45, 2.75) is 6.42 Å². The first-order valence-electron chi connectivity index (χ1n) is 6.42. The lowest BCUT2D eigenvalue weighted by Crippen LogP contribution is -2.35. The van der Waals surface area contributed by atoms with Crippen LogP contribution in [0.3, 0.4) is 0 Å². The summed E-state index contributed by atoms with van der Waals surface area (Å²) in [6, 6.07) is 3.36. The van der Waals surface area contributed by atoms with Gasteiger partial charge >= 0.3 is 0 Å². The molecule has 7 nitrogen and oxygen atoms in total. The number of ether oxygens (including phenoxy) is 2. The van der Waals surface area contributed by atoms with Gasteiger partial charge in [0, 0.05) is 33.9 Å². The summed E-state index contributed by atoms with van der Waals surface area (Å²) in [5.74, 6) is 5.14. The highest BCUT2D eigenvalue weighted by molar-refractivity contribution is 5.92. The number of amides is 1. The molecule has 1 rings (SSSR count). The largest absolute Gasteiger partial charge is 0.385 e. The summed E-state index contributed by atoms with van der Waals surface area (Å²) < 4.78 is 10.0. The maximum Gasteiger partial charge on any atom is 0.272 e. The number of rotatable bonds is 9. The predicted octanol–water partition coefficient (Wildman–Crippen LogP) is 0.492. The van der Waals surface area contributed by atoms with Gasteiger partial charge < -0.3 is 19.8 Å². The molecule has 0 fully saturated rings. The number of anilines is 1. The topological polar surface area (TPSA) is 89.7 Å². The Morgan fingerprint density at radius 3 is 2.60 bits per heavy atom. The van der Waals surface area contributed by atoms with E-state index in [0.29, 0.717) is 37.7 Å². The highest BCUT2D eigenvalue weighted by atomic mass is 16.5. The lowest BCUT2D eigenvalue weighted by atomic mass is 10.2. The molecule has 20 heavy (non-hydrogen) atoms. The molecule has 0 radical (unpaired) electrons. The van der Waals surface area contributed by atoms with Crippen molar-refractivity contribution in [3.63, 3.8) is 0 Å². The molecule has 1 aromatic heterocycles. The number of nitrogens with one attached hydrogen (secondary N) is 1. The van der Waals surface area contributed by atoms with Gasteiger partial charge in [0.05, 0.1) is 18.5 Å². The fourth-order valence-electron chi connectivity index (χ4n) is 1.68. The van der Waals surface area contributed by atoms with Gasteiger partial charge in [-0.2, -0.15) is 0 Å². The first kappa shape index (κ1) is 16.4. The number of carbonyl (C=O) groups is 1. The van der Waals surface area contributed by atoms with Crippen molar-refractivity contribution in [2.75, 3.05) is 45.9 Å². The third-order valence-electron chi connectivity index (χ3n) is 2.78. The molecule has 3 N–H and O–H groups in total. The van der Waals surface area contributed by atoms with Crippen LogP contribution in [-0.4, -0.2) is 56.3 Å². The number of carbonyl (C=O) groups excluding carboxylic acids is 1. The van der Waals surface area contributed by atoms with Crippen LogP contribution in [0.25, 0.3) is 0 Å². The van der Waals surface area contributed by atoms with Crippen molar-refractivity contribution in [2.24, 2.45) is 5.84 Å². The highest BCUT2D eigenvalue weighted by Crippen LogP contribution is 2.07. The lowest BCUT2D eigenvalue weighted by Gasteiger charge is -2.22. The SMILES string of the molecule is COCCCN(CCOC)C(=O)c1ccc(NN)cn1. The summed E-state index contributed by atoms with van der Waals surface area (Å²) in [4.78, 5) is 18.2. The van der Waals surface area contributed by atoms with Crippen LogP contribution in [0, 0.1) is 0 Å². The van der Waals surface area contributed by atoms with E-state index in [9.17, 15) is 4.79 Å². The Morgan fingerprint density at radius 2 is 2.05 bits per heavy atom. The monoisotopic (exact) mass is 282 g/mol. The second kappa shape index (κ2) is 9.24. The van der Waals surface area contributed by atoms with Crippen LogP contribution in [-0.2, 0) is 9.47 Å². The number of aromatic nitrogens is 1. The first-order valence-corrected chi connectivity index (χ1v) is 6.42. The second-order valence-corrected chi connectivity index (χ2v) is 4.21. The molecule has 1 aromatic rings. The maximum atomic E-state index is 12.4. The van der Waals surface area contributed by atoms with E-state index in [1.165, 1.54) is 6.20 Å². The van der Waals surface area contributed by atoms with Crippen LogP contribution >= 0.6 is 0 Å². The smallest absolute Gasteiger partial charge is 0.272 e. The summed E-state index contributed by atoms with van der Waals surface area (Å²) >= 11 is 0. The number of nitrogens with zero attached hydrogens (tertiary/aromatic N) is 2. The predicted molar refractivity (Wildman–Crippen MR) is 76.3 cm³/mol. The van der Waals surface area contributed by atoms with Gasteiger partial charge in [-0.05, 0) is 18.6 Å². The minimum atomic E-state index is -0.123. The van der Waals surface area contributed by atoms with Crippen molar-refractivity contribution < 1.29 is 14.3 Å². The maximum absolute atomic E-state index is 12.4. The summed E-state index contributed by atoms with van der Waals surface area (Å²) in [7, 11) is 3.25. The molecule has 0 spiro atoms. The molecular weight excluding hydrogens is 260 g/mol. The average Bonchev–Trinajstić information content (AvgIpc) is 2.50. The molecule has 7 heteroatoms. The first-order chi connectivity index (χ1) is 9.72. The van der Waals surface area contributed by atoms with Crippen LogP contribution in [0.4, 0.5) is 5.69 Å². The Labute approximate surface area is 119 Å². The highest BCUT2D eigenvalue weighted by Gasteiger charge is 2.16. The van der Waals surface area contributed by atoms with E-state index < -0.39 is 0 Å². The molecular formula is C13H22N4O3. The number of nitrogen functional groups attached to an aromatic ring is 1. The molecule has 0 bridgehead atoms. The summed E-state index contributed by atoms with van der Waals surface area (Å²) in [5, 5.41) is 0. The Kier molecular flexibility index (Phi) is 7.56. The molecule has 0 saturated heterocycles. The molecule has 0 saturated carbocycles. The van der Waals surface area contributed by atoms with Crippen molar-refractivity contribution >= 4 is 11.6 Å². The Balaban J connectivity index is 2.68. The third kappa shape index (κ3) is 5.12. The lowest BCUT2D eigenvalue weighted by molar-refractivity contribution is 0.0668. The van der Waals surface area contributed by atoms with E-state index in [1.807, 2.05) is 0 Å². The fraction of sp³-hybridized carbons (Fsp3) is 0.538. The average molecular weight is 282 g/mol. The Morgan fingerprint density at radius 1 is 1.30 bits per heavy atom. The molecule has 1 amide bonds. The normalized spacial score (nSPS) is 10.3. The number of pyridine rings is 1. The minimum Gasteiger partial charge on any atom is -0.385 e. The van der Waals surface area contributed by atoms with Gasteiger partial charge in [-0.25, -0.2) is 4.98 Å². The fourth-order valence-corrected chi connectivity index (χ4v) is 1.68. The van der Waals surface area contributed by atoms with Gasteiger partial charge in [0.1, 0.15) is 5.69 Å². The Bertz CT molecular complexity index is 397. The third-order valence-corrected chi connectivity index (χ3v) is 2.78. The zero-order valence-corrected chi connectivity index (χ0v) is 12.0. The zero-order chi connectivity index (χ0) is 14.8. The van der Waals surface area contributed by atoms with Crippen molar-refractivity contribution in [1.82, 2.24) is 9.88 Å². The number of hydrazine groups is 1. The molecule has 0 aliphatic heterocycles. The van der Waals surface area contributed by atoms with Crippen molar-refractivity contribution in [3.8, 4) is 0 Å². The van der Waals surface area contributed by atoms with Gasteiger partial charge in [-0.1, -0.05) is 0 Å². The van der Waals surface area contributed by atoms with E-state index >= 15 is 0 Å². The van der Waals surface area contributed by atoms with Crippen molar-refractivity contribution in [1.29, 1.82) is 0 Å². The minimum absolute atomic E-state index is 0.123. The van der Waals surface area contributed by atoms with Gasteiger partial charge in [0.25, 0.3) is 5.91 Å². The molecule has 0 atom stereocenters. The van der Waals surface area contributed by atoms with E-state index in [-0.39, 0.29) is 5.91 Å². The number of hydrogen-bond donors (Lipinski definition) is 2. The number of methoxy groups -OCH3 is 2. The summed E-state index contributed by atoms with van der Waals surface area (Å²) in [5.41, 5.74) is 3.52. The number of nitrogens with two attached hydrogens (primary N) is 1. The van der Waals surface area contributed by atoms with Crippen LogP contribution < -0.4 is 11.3 Å². The van der Waals surface area contributed by atoms with Crippen LogP contribution in [0.15, 0.2) is 18.3 Å². The van der Waals surface area contributed by atoms with Crippen LogP contribution in [0.5, 0.6) is 0 Å². The molecule has 0 aromatic carbocycles. The van der Waals surface area contributed by atoms with Crippen LogP contribution in [0.1, 0.15) is 16.9 Å². The van der Waals surface area contributed by atoms with Gasteiger partial charge in [0.2, 0.25) is 0 Å². The molecule has 0 unspecified atom stereocenters. The second-order valence-electron chi connectivity index (χ2n) is 4.21.